The van der Waals surface area contributed by atoms with E-state index >= 15 is 0 Å². The van der Waals surface area contributed by atoms with Crippen molar-refractivity contribution in [3.8, 4) is 0 Å². The Labute approximate surface area is 102 Å². The molecule has 1 aliphatic heterocycles. The number of rotatable bonds is 1. The van der Waals surface area contributed by atoms with Gasteiger partial charge in [-0.3, -0.25) is 4.79 Å². The molecule has 0 spiro atoms. The van der Waals surface area contributed by atoms with E-state index in [2.05, 4.69) is 9.97 Å². The second-order valence-corrected chi connectivity index (χ2v) is 4.23. The molecule has 0 bridgehead atoms. The van der Waals surface area contributed by atoms with Crippen LogP contribution in [-0.2, 0) is 0 Å². The van der Waals surface area contributed by atoms with Crippen molar-refractivity contribution < 1.29 is 18.0 Å². The van der Waals surface area contributed by atoms with Gasteiger partial charge in [-0.15, -0.1) is 0 Å². The fraction of sp³-hybridized carbons (Fsp3) is 0.545. The topological polar surface area (TPSA) is 46.1 Å². The molecular weight excluding hydrogens is 247 g/mol. The standard InChI is InChI=1S/C11H12F3N3O/c12-11(13,14)8-2-1-5-17(6-8)10(18)9-3-4-15-7-16-9/h3-4,7-8H,1-2,5-6H2. The number of hydrogen-bond acceptors (Lipinski definition) is 3. The van der Waals surface area contributed by atoms with Crippen LogP contribution >= 0.6 is 0 Å². The monoisotopic (exact) mass is 259 g/mol. The number of amides is 1. The van der Waals surface area contributed by atoms with E-state index in [1.54, 1.807) is 0 Å². The smallest absolute Gasteiger partial charge is 0.337 e. The third kappa shape index (κ3) is 2.77. The molecule has 1 atom stereocenters. The molecule has 1 aromatic heterocycles. The van der Waals surface area contributed by atoms with E-state index in [4.69, 9.17) is 0 Å². The molecule has 0 aliphatic carbocycles. The van der Waals surface area contributed by atoms with Crippen LogP contribution in [0.3, 0.4) is 0 Å². The zero-order valence-corrected chi connectivity index (χ0v) is 9.52. The highest BCUT2D eigenvalue weighted by Gasteiger charge is 2.42. The van der Waals surface area contributed by atoms with Crippen LogP contribution in [0.1, 0.15) is 23.3 Å². The van der Waals surface area contributed by atoms with Gasteiger partial charge in [-0.05, 0) is 18.9 Å². The van der Waals surface area contributed by atoms with Crippen LogP contribution in [0.25, 0.3) is 0 Å². The molecule has 1 unspecified atom stereocenters. The van der Waals surface area contributed by atoms with Crippen molar-refractivity contribution in [1.82, 2.24) is 14.9 Å². The number of hydrogen-bond donors (Lipinski definition) is 0. The molecule has 1 saturated heterocycles. The highest BCUT2D eigenvalue weighted by molar-refractivity contribution is 5.92. The third-order valence-corrected chi connectivity index (χ3v) is 2.97. The van der Waals surface area contributed by atoms with Crippen molar-refractivity contribution in [1.29, 1.82) is 0 Å². The van der Waals surface area contributed by atoms with Crippen molar-refractivity contribution in [2.24, 2.45) is 5.92 Å². The van der Waals surface area contributed by atoms with Crippen LogP contribution in [0.4, 0.5) is 13.2 Å². The molecule has 0 aromatic carbocycles. The average molecular weight is 259 g/mol. The zero-order valence-electron chi connectivity index (χ0n) is 9.52. The van der Waals surface area contributed by atoms with E-state index in [1.807, 2.05) is 0 Å². The van der Waals surface area contributed by atoms with Gasteiger partial charge in [0.05, 0.1) is 5.92 Å². The summed E-state index contributed by atoms with van der Waals surface area (Å²) in [7, 11) is 0. The van der Waals surface area contributed by atoms with Gasteiger partial charge in [-0.1, -0.05) is 0 Å². The first kappa shape index (κ1) is 12.8. The minimum atomic E-state index is -4.25. The Morgan fingerprint density at radius 2 is 2.22 bits per heavy atom. The molecule has 1 aromatic rings. The van der Waals surface area contributed by atoms with Crippen molar-refractivity contribution >= 4 is 5.91 Å². The summed E-state index contributed by atoms with van der Waals surface area (Å²) in [6.07, 6.45) is -1.20. The summed E-state index contributed by atoms with van der Waals surface area (Å²) >= 11 is 0. The van der Waals surface area contributed by atoms with Crippen molar-refractivity contribution in [3.63, 3.8) is 0 Å². The maximum atomic E-state index is 12.6. The molecule has 2 rings (SSSR count). The first-order chi connectivity index (χ1) is 8.48. The summed E-state index contributed by atoms with van der Waals surface area (Å²) in [5, 5.41) is 0. The first-order valence-electron chi connectivity index (χ1n) is 5.60. The first-order valence-corrected chi connectivity index (χ1v) is 5.60. The number of aromatic nitrogens is 2. The van der Waals surface area contributed by atoms with Crippen LogP contribution in [-0.4, -0.2) is 40.0 Å². The molecule has 2 heterocycles. The van der Waals surface area contributed by atoms with Gasteiger partial charge >= 0.3 is 6.18 Å². The Morgan fingerprint density at radius 1 is 1.44 bits per heavy atom. The van der Waals surface area contributed by atoms with Gasteiger partial charge in [-0.25, -0.2) is 9.97 Å². The molecule has 0 radical (unpaired) electrons. The summed E-state index contributed by atoms with van der Waals surface area (Å²) in [6.45, 7) is 0.0573. The number of carbonyl (C=O) groups excluding carboxylic acids is 1. The second kappa shape index (κ2) is 4.91. The van der Waals surface area contributed by atoms with Crippen LogP contribution in [0, 0.1) is 5.92 Å². The van der Waals surface area contributed by atoms with Gasteiger partial charge in [0.2, 0.25) is 0 Å². The van der Waals surface area contributed by atoms with Crippen molar-refractivity contribution in [2.45, 2.75) is 19.0 Å². The van der Waals surface area contributed by atoms with E-state index in [-0.39, 0.29) is 18.7 Å². The van der Waals surface area contributed by atoms with Crippen LogP contribution in [0.15, 0.2) is 18.6 Å². The number of piperidine rings is 1. The molecule has 1 aliphatic rings. The number of nitrogens with zero attached hydrogens (tertiary/aromatic N) is 3. The minimum Gasteiger partial charge on any atom is -0.337 e. The Bertz CT molecular complexity index is 421. The summed E-state index contributed by atoms with van der Waals surface area (Å²) in [5.41, 5.74) is 0.132. The Kier molecular flexibility index (Phi) is 3.49. The lowest BCUT2D eigenvalue weighted by molar-refractivity contribution is -0.184. The molecule has 7 heteroatoms. The quantitative estimate of drug-likeness (QED) is 0.773. The van der Waals surface area contributed by atoms with Crippen LogP contribution in [0.5, 0.6) is 0 Å². The fourth-order valence-corrected chi connectivity index (χ4v) is 2.01. The molecule has 0 N–H and O–H groups in total. The largest absolute Gasteiger partial charge is 0.393 e. The lowest BCUT2D eigenvalue weighted by Crippen LogP contribution is -2.44. The Hall–Kier alpha value is -1.66. The molecule has 18 heavy (non-hydrogen) atoms. The van der Waals surface area contributed by atoms with Gasteiger partial charge < -0.3 is 4.90 Å². The van der Waals surface area contributed by atoms with E-state index in [0.29, 0.717) is 13.0 Å². The van der Waals surface area contributed by atoms with Crippen LogP contribution < -0.4 is 0 Å². The zero-order chi connectivity index (χ0) is 13.2. The van der Waals surface area contributed by atoms with Gasteiger partial charge in [0, 0.05) is 19.3 Å². The molecule has 1 fully saturated rings. The number of alkyl halides is 3. The van der Waals surface area contributed by atoms with Crippen molar-refractivity contribution in [3.05, 3.63) is 24.3 Å². The van der Waals surface area contributed by atoms with E-state index in [1.165, 1.54) is 23.5 Å². The Balaban J connectivity index is 2.08. The second-order valence-electron chi connectivity index (χ2n) is 4.23. The highest BCUT2D eigenvalue weighted by atomic mass is 19.4. The molecular formula is C11H12F3N3O. The lowest BCUT2D eigenvalue weighted by atomic mass is 9.97. The molecule has 98 valence electrons. The normalized spacial score (nSPS) is 20.8. The minimum absolute atomic E-state index is 0.0804. The van der Waals surface area contributed by atoms with E-state index in [0.717, 1.165) is 0 Å². The highest BCUT2D eigenvalue weighted by Crippen LogP contribution is 2.33. The molecule has 0 saturated carbocycles. The van der Waals surface area contributed by atoms with Gasteiger partial charge in [-0.2, -0.15) is 13.2 Å². The predicted octanol–water partition coefficient (Wildman–Crippen LogP) is 1.89. The van der Waals surface area contributed by atoms with Gasteiger partial charge in [0.25, 0.3) is 5.91 Å². The summed E-state index contributed by atoms with van der Waals surface area (Å²) in [5.74, 6) is -1.90. The molecule has 4 nitrogen and oxygen atoms in total. The average Bonchev–Trinajstić information content (AvgIpc) is 2.38. The van der Waals surface area contributed by atoms with Crippen LogP contribution in [0.2, 0.25) is 0 Å². The van der Waals surface area contributed by atoms with E-state index in [9.17, 15) is 18.0 Å². The number of carbonyl (C=O) groups is 1. The summed E-state index contributed by atoms with van der Waals surface area (Å²) in [4.78, 5) is 20.6. The lowest BCUT2D eigenvalue weighted by Gasteiger charge is -2.33. The Morgan fingerprint density at radius 3 is 2.83 bits per heavy atom. The number of likely N-dealkylation sites (tertiary alicyclic amines) is 1. The summed E-state index contributed by atoms with van der Waals surface area (Å²) < 4.78 is 37.9. The van der Waals surface area contributed by atoms with Crippen molar-refractivity contribution in [2.75, 3.05) is 13.1 Å². The summed E-state index contributed by atoms with van der Waals surface area (Å²) in [6, 6.07) is 1.40. The molecule has 1 amide bonds. The fourth-order valence-electron chi connectivity index (χ4n) is 2.01. The SMILES string of the molecule is O=C(c1ccncn1)N1CCCC(C(F)(F)F)C1. The predicted molar refractivity (Wildman–Crippen MR) is 56.7 cm³/mol. The number of halogens is 3. The van der Waals surface area contributed by atoms with Gasteiger partial charge in [0.1, 0.15) is 12.0 Å². The maximum Gasteiger partial charge on any atom is 0.393 e. The van der Waals surface area contributed by atoms with Gasteiger partial charge in [0.15, 0.2) is 0 Å². The third-order valence-electron chi connectivity index (χ3n) is 2.97. The van der Waals surface area contributed by atoms with E-state index < -0.39 is 18.0 Å². The maximum absolute atomic E-state index is 12.6.